The van der Waals surface area contributed by atoms with Crippen molar-refractivity contribution in [3.05, 3.63) is 65.7 Å². The van der Waals surface area contributed by atoms with Gasteiger partial charge in [0.05, 0.1) is 6.10 Å². The fourth-order valence-corrected chi connectivity index (χ4v) is 2.63. The van der Waals surface area contributed by atoms with Crippen LogP contribution in [-0.2, 0) is 11.2 Å². The normalized spacial score (nSPS) is 10.6. The van der Waals surface area contributed by atoms with E-state index in [1.165, 1.54) is 0 Å². The molecule has 0 spiro atoms. The van der Waals surface area contributed by atoms with E-state index in [1.807, 2.05) is 50.2 Å². The summed E-state index contributed by atoms with van der Waals surface area (Å²) >= 11 is 0. The summed E-state index contributed by atoms with van der Waals surface area (Å²) in [5.41, 5.74) is 6.95. The van der Waals surface area contributed by atoms with Gasteiger partial charge in [0.1, 0.15) is 5.75 Å². The molecule has 0 aromatic heterocycles. The molecule has 0 saturated carbocycles. The van der Waals surface area contributed by atoms with Crippen molar-refractivity contribution in [2.45, 2.75) is 32.8 Å². The molecule has 5 nitrogen and oxygen atoms in total. The van der Waals surface area contributed by atoms with Gasteiger partial charge in [-0.25, -0.2) is 0 Å². The largest absolute Gasteiger partial charge is 0.491 e. The first kappa shape index (κ1) is 19.5. The van der Waals surface area contributed by atoms with E-state index in [0.29, 0.717) is 30.8 Å². The Labute approximate surface area is 154 Å². The minimum absolute atomic E-state index is 0.0318. The molecule has 0 heterocycles. The summed E-state index contributed by atoms with van der Waals surface area (Å²) < 4.78 is 5.67. The van der Waals surface area contributed by atoms with Crippen LogP contribution in [0, 0.1) is 0 Å². The predicted octanol–water partition coefficient (Wildman–Crippen LogP) is 3.03. The maximum absolute atomic E-state index is 12.9. The highest BCUT2D eigenvalue weighted by molar-refractivity contribution is 5.94. The molecule has 0 atom stereocenters. The molecule has 26 heavy (non-hydrogen) atoms. The Bertz CT molecular complexity index is 729. The zero-order valence-electron chi connectivity index (χ0n) is 15.4. The number of nitrogens with two attached hydrogens (primary N) is 1. The zero-order chi connectivity index (χ0) is 18.9. The van der Waals surface area contributed by atoms with Gasteiger partial charge in [-0.3, -0.25) is 9.59 Å². The number of primary amides is 1. The fraction of sp³-hybridized carbons (Fsp3) is 0.333. The van der Waals surface area contributed by atoms with Crippen molar-refractivity contribution in [1.82, 2.24) is 4.90 Å². The molecule has 2 N–H and O–H groups in total. The van der Waals surface area contributed by atoms with Crippen molar-refractivity contribution >= 4 is 11.8 Å². The molecule has 0 fully saturated rings. The van der Waals surface area contributed by atoms with E-state index in [-0.39, 0.29) is 18.4 Å². The van der Waals surface area contributed by atoms with E-state index in [9.17, 15) is 9.59 Å². The number of hydrogen-bond donors (Lipinski definition) is 1. The van der Waals surface area contributed by atoms with Crippen molar-refractivity contribution in [2.75, 3.05) is 13.1 Å². The van der Waals surface area contributed by atoms with Crippen molar-refractivity contribution < 1.29 is 14.3 Å². The van der Waals surface area contributed by atoms with Crippen LogP contribution in [0.5, 0.6) is 5.75 Å². The Kier molecular flexibility index (Phi) is 7.21. The van der Waals surface area contributed by atoms with Gasteiger partial charge in [-0.05, 0) is 44.0 Å². The summed E-state index contributed by atoms with van der Waals surface area (Å²) in [6.45, 7) is 4.70. The first-order valence-corrected chi connectivity index (χ1v) is 8.84. The van der Waals surface area contributed by atoms with Gasteiger partial charge < -0.3 is 15.4 Å². The first-order chi connectivity index (χ1) is 12.5. The van der Waals surface area contributed by atoms with E-state index < -0.39 is 5.91 Å². The monoisotopic (exact) mass is 354 g/mol. The number of ether oxygens (including phenoxy) is 1. The number of amides is 2. The number of nitrogens with zero attached hydrogens (tertiary/aromatic N) is 1. The summed E-state index contributed by atoms with van der Waals surface area (Å²) in [6, 6.07) is 17.1. The second kappa shape index (κ2) is 9.61. The molecular weight excluding hydrogens is 328 g/mol. The molecule has 0 radical (unpaired) electrons. The van der Waals surface area contributed by atoms with Gasteiger partial charge >= 0.3 is 0 Å². The molecule has 0 saturated heterocycles. The summed E-state index contributed by atoms with van der Waals surface area (Å²) in [7, 11) is 0. The van der Waals surface area contributed by atoms with E-state index in [4.69, 9.17) is 10.5 Å². The van der Waals surface area contributed by atoms with Crippen molar-refractivity contribution in [3.8, 4) is 5.75 Å². The van der Waals surface area contributed by atoms with Gasteiger partial charge in [-0.1, -0.05) is 36.4 Å². The second-order valence-corrected chi connectivity index (χ2v) is 6.44. The van der Waals surface area contributed by atoms with E-state index in [1.54, 1.807) is 23.1 Å². The average Bonchev–Trinajstić information content (AvgIpc) is 2.61. The highest BCUT2D eigenvalue weighted by Crippen LogP contribution is 2.17. The number of benzene rings is 2. The van der Waals surface area contributed by atoms with Crippen molar-refractivity contribution in [1.29, 1.82) is 0 Å². The van der Waals surface area contributed by atoms with Gasteiger partial charge in [-0.2, -0.15) is 0 Å². The van der Waals surface area contributed by atoms with Crippen LogP contribution in [0.4, 0.5) is 0 Å². The van der Waals surface area contributed by atoms with Crippen LogP contribution in [0.3, 0.4) is 0 Å². The van der Waals surface area contributed by atoms with Crippen molar-refractivity contribution in [2.24, 2.45) is 5.73 Å². The Balaban J connectivity index is 2.12. The smallest absolute Gasteiger partial charge is 0.254 e. The van der Waals surface area contributed by atoms with Crippen LogP contribution in [-0.4, -0.2) is 35.9 Å². The van der Waals surface area contributed by atoms with Gasteiger partial charge in [0.2, 0.25) is 5.91 Å². The third-order valence-corrected chi connectivity index (χ3v) is 3.88. The van der Waals surface area contributed by atoms with Crippen LogP contribution in [0.25, 0.3) is 0 Å². The molecule has 0 bridgehead atoms. The minimum atomic E-state index is -0.417. The highest BCUT2D eigenvalue weighted by atomic mass is 16.5. The first-order valence-electron chi connectivity index (χ1n) is 8.84. The third-order valence-electron chi connectivity index (χ3n) is 3.88. The molecule has 0 unspecified atom stereocenters. The lowest BCUT2D eigenvalue weighted by atomic mass is 10.1. The Morgan fingerprint density at radius 1 is 1.04 bits per heavy atom. The Hall–Kier alpha value is -2.82. The summed E-state index contributed by atoms with van der Waals surface area (Å²) in [6.07, 6.45) is 0.889. The van der Waals surface area contributed by atoms with Crippen molar-refractivity contribution in [3.63, 3.8) is 0 Å². The number of rotatable bonds is 9. The van der Waals surface area contributed by atoms with Crippen LogP contribution in [0.2, 0.25) is 0 Å². The fourth-order valence-electron chi connectivity index (χ4n) is 2.63. The number of carbonyl (C=O) groups excluding carboxylic acids is 2. The average molecular weight is 354 g/mol. The van der Waals surface area contributed by atoms with E-state index in [2.05, 4.69) is 0 Å². The summed E-state index contributed by atoms with van der Waals surface area (Å²) in [5, 5.41) is 0. The molecule has 138 valence electrons. The molecule has 5 heteroatoms. The molecular formula is C21H26N2O3. The van der Waals surface area contributed by atoms with Gasteiger partial charge in [0.15, 0.2) is 0 Å². The summed E-state index contributed by atoms with van der Waals surface area (Å²) in [4.78, 5) is 25.8. The Morgan fingerprint density at radius 2 is 1.77 bits per heavy atom. The maximum Gasteiger partial charge on any atom is 0.254 e. The third kappa shape index (κ3) is 6.24. The lowest BCUT2D eigenvalue weighted by Crippen LogP contribution is -2.35. The number of hydrogen-bond acceptors (Lipinski definition) is 3. The maximum atomic E-state index is 12.9. The lowest BCUT2D eigenvalue weighted by molar-refractivity contribution is -0.118. The molecule has 2 aromatic carbocycles. The zero-order valence-corrected chi connectivity index (χ0v) is 15.4. The van der Waals surface area contributed by atoms with Gasteiger partial charge in [0, 0.05) is 25.1 Å². The van der Waals surface area contributed by atoms with Crippen LogP contribution in [0.15, 0.2) is 54.6 Å². The lowest BCUT2D eigenvalue weighted by Gasteiger charge is -2.23. The molecule has 0 aliphatic carbocycles. The molecule has 2 rings (SSSR count). The topological polar surface area (TPSA) is 72.6 Å². The quantitative estimate of drug-likeness (QED) is 0.752. The standard InChI is InChI=1S/C21H26N2O3/c1-16(2)26-19-10-6-9-18(15-19)21(25)23(14-12-20(22)24)13-11-17-7-4-3-5-8-17/h3-10,15-16H,11-14H2,1-2H3,(H2,22,24). The molecule has 0 aliphatic rings. The van der Waals surface area contributed by atoms with E-state index >= 15 is 0 Å². The number of carbonyl (C=O) groups is 2. The summed E-state index contributed by atoms with van der Waals surface area (Å²) in [5.74, 6) is 0.111. The van der Waals surface area contributed by atoms with E-state index in [0.717, 1.165) is 5.56 Å². The molecule has 2 aromatic rings. The second-order valence-electron chi connectivity index (χ2n) is 6.44. The van der Waals surface area contributed by atoms with Gasteiger partial charge in [-0.15, -0.1) is 0 Å². The van der Waals surface area contributed by atoms with Gasteiger partial charge in [0.25, 0.3) is 5.91 Å². The Morgan fingerprint density at radius 3 is 2.42 bits per heavy atom. The van der Waals surface area contributed by atoms with Crippen LogP contribution in [0.1, 0.15) is 36.2 Å². The SMILES string of the molecule is CC(C)Oc1cccc(C(=O)N(CCC(N)=O)CCc2ccccc2)c1. The molecule has 0 aliphatic heterocycles. The minimum Gasteiger partial charge on any atom is -0.491 e. The van der Waals surface area contributed by atoms with Crippen LogP contribution < -0.4 is 10.5 Å². The van der Waals surface area contributed by atoms with Crippen LogP contribution >= 0.6 is 0 Å². The predicted molar refractivity (Wildman–Crippen MR) is 102 cm³/mol. The molecule has 2 amide bonds. The highest BCUT2D eigenvalue weighted by Gasteiger charge is 2.17.